The van der Waals surface area contributed by atoms with Crippen LogP contribution >= 0.6 is 0 Å². The quantitative estimate of drug-likeness (QED) is 0.483. The number of hydrogen-bond donors (Lipinski definition) is 1. The van der Waals surface area contributed by atoms with Crippen LogP contribution in [0.1, 0.15) is 20.3 Å². The zero-order valence-electron chi connectivity index (χ0n) is 8.95. The molecule has 5 nitrogen and oxygen atoms in total. The Bertz CT molecular complexity index is 225. The standard InChI is InChI=1S/C8H19NO4S/c1-8(2)7-13-9-14(10,11)6-4-5-12-3/h8-9H,4-7H2,1-3H3. The van der Waals surface area contributed by atoms with Crippen LogP contribution in [0.4, 0.5) is 0 Å². The summed E-state index contributed by atoms with van der Waals surface area (Å²) >= 11 is 0. The molecule has 0 aromatic rings. The summed E-state index contributed by atoms with van der Waals surface area (Å²) in [5.74, 6) is 0.329. The van der Waals surface area contributed by atoms with Crippen LogP contribution in [0.3, 0.4) is 0 Å². The molecular formula is C8H19NO4S. The van der Waals surface area contributed by atoms with Gasteiger partial charge in [0.05, 0.1) is 12.4 Å². The molecule has 0 radical (unpaired) electrons. The second kappa shape index (κ2) is 7.17. The summed E-state index contributed by atoms with van der Waals surface area (Å²) in [5.41, 5.74) is 0. The van der Waals surface area contributed by atoms with Gasteiger partial charge in [-0.15, -0.1) is 0 Å². The second-order valence-corrected chi connectivity index (χ2v) is 5.26. The molecule has 0 aliphatic carbocycles. The molecular weight excluding hydrogens is 206 g/mol. The first-order valence-corrected chi connectivity index (χ1v) is 6.23. The lowest BCUT2D eigenvalue weighted by Crippen LogP contribution is -2.28. The highest BCUT2D eigenvalue weighted by Gasteiger charge is 2.09. The molecule has 0 saturated heterocycles. The van der Waals surface area contributed by atoms with E-state index in [1.54, 1.807) is 0 Å². The Morgan fingerprint density at radius 3 is 2.50 bits per heavy atom. The van der Waals surface area contributed by atoms with Crippen molar-refractivity contribution in [1.29, 1.82) is 0 Å². The molecule has 0 rings (SSSR count). The summed E-state index contributed by atoms with van der Waals surface area (Å²) in [7, 11) is -1.76. The Balaban J connectivity index is 3.62. The van der Waals surface area contributed by atoms with E-state index in [1.165, 1.54) is 7.11 Å². The summed E-state index contributed by atoms with van der Waals surface area (Å²) in [6, 6.07) is 0. The van der Waals surface area contributed by atoms with Crippen LogP contribution < -0.4 is 4.89 Å². The molecule has 1 N–H and O–H groups in total. The second-order valence-electron chi connectivity index (χ2n) is 3.45. The predicted molar refractivity (Wildman–Crippen MR) is 54.2 cm³/mol. The molecule has 0 fully saturated rings. The first kappa shape index (κ1) is 13.8. The topological polar surface area (TPSA) is 64.6 Å². The van der Waals surface area contributed by atoms with E-state index in [4.69, 9.17) is 9.57 Å². The van der Waals surface area contributed by atoms with E-state index < -0.39 is 10.0 Å². The maximum atomic E-state index is 11.2. The van der Waals surface area contributed by atoms with E-state index in [9.17, 15) is 8.42 Å². The molecule has 0 bridgehead atoms. The highest BCUT2D eigenvalue weighted by Crippen LogP contribution is 1.94. The minimum atomic E-state index is -3.30. The normalized spacial score (nSPS) is 12.3. The van der Waals surface area contributed by atoms with Crippen molar-refractivity contribution in [3.05, 3.63) is 0 Å². The number of methoxy groups -OCH3 is 1. The van der Waals surface area contributed by atoms with Gasteiger partial charge in [0.1, 0.15) is 0 Å². The molecule has 0 unspecified atom stereocenters. The Morgan fingerprint density at radius 1 is 1.36 bits per heavy atom. The van der Waals surface area contributed by atoms with Gasteiger partial charge in [-0.2, -0.15) is 0 Å². The van der Waals surface area contributed by atoms with Crippen molar-refractivity contribution in [1.82, 2.24) is 4.89 Å². The molecule has 0 aliphatic rings. The Hall–Kier alpha value is -0.170. The van der Waals surface area contributed by atoms with Crippen molar-refractivity contribution in [2.75, 3.05) is 26.1 Å². The van der Waals surface area contributed by atoms with Crippen molar-refractivity contribution in [3.63, 3.8) is 0 Å². The highest BCUT2D eigenvalue weighted by molar-refractivity contribution is 7.89. The largest absolute Gasteiger partial charge is 0.385 e. The molecule has 0 aromatic carbocycles. The molecule has 0 saturated carbocycles. The van der Waals surface area contributed by atoms with Gasteiger partial charge in [-0.3, -0.25) is 4.84 Å². The van der Waals surface area contributed by atoms with Crippen LogP contribution in [0.5, 0.6) is 0 Å². The summed E-state index contributed by atoms with van der Waals surface area (Å²) in [6.45, 7) is 4.70. The fourth-order valence-electron chi connectivity index (χ4n) is 0.725. The molecule has 0 aromatic heterocycles. The first-order valence-electron chi connectivity index (χ1n) is 4.58. The highest BCUT2D eigenvalue weighted by atomic mass is 32.2. The number of hydrogen-bond acceptors (Lipinski definition) is 4. The lowest BCUT2D eigenvalue weighted by Gasteiger charge is -2.08. The van der Waals surface area contributed by atoms with Gasteiger partial charge in [0.15, 0.2) is 0 Å². The van der Waals surface area contributed by atoms with Crippen molar-refractivity contribution in [2.45, 2.75) is 20.3 Å². The van der Waals surface area contributed by atoms with Crippen molar-refractivity contribution in [2.24, 2.45) is 5.92 Å². The van der Waals surface area contributed by atoms with Gasteiger partial charge in [-0.1, -0.05) is 18.7 Å². The lowest BCUT2D eigenvalue weighted by atomic mass is 10.2. The fraction of sp³-hybridized carbons (Fsp3) is 1.00. The van der Waals surface area contributed by atoms with E-state index in [0.717, 1.165) is 0 Å². The third-order valence-electron chi connectivity index (χ3n) is 1.36. The lowest BCUT2D eigenvalue weighted by molar-refractivity contribution is 0.0717. The van der Waals surface area contributed by atoms with Gasteiger partial charge in [0, 0.05) is 13.7 Å². The monoisotopic (exact) mass is 225 g/mol. The van der Waals surface area contributed by atoms with Crippen LogP contribution in [-0.2, 0) is 19.6 Å². The van der Waals surface area contributed by atoms with Crippen LogP contribution in [-0.4, -0.2) is 34.5 Å². The number of ether oxygens (including phenoxy) is 1. The summed E-state index contributed by atoms with van der Waals surface area (Å²) < 4.78 is 27.1. The van der Waals surface area contributed by atoms with Crippen LogP contribution in [0.15, 0.2) is 0 Å². The van der Waals surface area contributed by atoms with Gasteiger partial charge >= 0.3 is 0 Å². The smallest absolute Gasteiger partial charge is 0.233 e. The van der Waals surface area contributed by atoms with E-state index in [0.29, 0.717) is 25.6 Å². The maximum absolute atomic E-state index is 11.2. The Kier molecular flexibility index (Phi) is 7.08. The predicted octanol–water partition coefficient (Wildman–Crippen LogP) is 0.530. The van der Waals surface area contributed by atoms with Gasteiger partial charge in [0.2, 0.25) is 10.0 Å². The summed E-state index contributed by atoms with van der Waals surface area (Å²) in [5, 5.41) is 0. The average molecular weight is 225 g/mol. The van der Waals surface area contributed by atoms with Gasteiger partial charge in [-0.05, 0) is 12.3 Å². The third kappa shape index (κ3) is 8.43. The van der Waals surface area contributed by atoms with E-state index in [-0.39, 0.29) is 5.75 Å². The molecule has 0 spiro atoms. The van der Waals surface area contributed by atoms with E-state index >= 15 is 0 Å². The van der Waals surface area contributed by atoms with Crippen molar-refractivity contribution in [3.8, 4) is 0 Å². The van der Waals surface area contributed by atoms with Gasteiger partial charge in [-0.25, -0.2) is 8.42 Å². The maximum Gasteiger partial charge on any atom is 0.233 e. The molecule has 0 atom stereocenters. The minimum absolute atomic E-state index is 0.0267. The van der Waals surface area contributed by atoms with Crippen LogP contribution in [0.2, 0.25) is 0 Å². The Morgan fingerprint density at radius 2 is 2.00 bits per heavy atom. The first-order chi connectivity index (χ1) is 6.48. The summed E-state index contributed by atoms with van der Waals surface area (Å²) in [4.78, 5) is 6.88. The average Bonchev–Trinajstić information content (AvgIpc) is 2.03. The molecule has 0 aliphatic heterocycles. The number of rotatable bonds is 8. The minimum Gasteiger partial charge on any atom is -0.385 e. The zero-order chi connectivity index (χ0) is 11.0. The number of nitrogens with one attached hydrogen (secondary N) is 1. The van der Waals surface area contributed by atoms with Crippen LogP contribution in [0.25, 0.3) is 0 Å². The van der Waals surface area contributed by atoms with Crippen molar-refractivity contribution < 1.29 is 18.0 Å². The van der Waals surface area contributed by atoms with Crippen molar-refractivity contribution >= 4 is 10.0 Å². The van der Waals surface area contributed by atoms with Gasteiger partial charge in [0.25, 0.3) is 0 Å². The number of sulfonamides is 1. The molecule has 86 valence electrons. The fourth-order valence-corrected chi connectivity index (χ4v) is 1.55. The van der Waals surface area contributed by atoms with E-state index in [1.807, 2.05) is 13.8 Å². The van der Waals surface area contributed by atoms with E-state index in [2.05, 4.69) is 4.89 Å². The zero-order valence-corrected chi connectivity index (χ0v) is 9.76. The Labute approximate surface area is 85.8 Å². The molecule has 0 amide bonds. The molecule has 14 heavy (non-hydrogen) atoms. The SMILES string of the molecule is COCCCS(=O)(=O)NOCC(C)C. The van der Waals surface area contributed by atoms with Gasteiger partial charge < -0.3 is 4.74 Å². The molecule has 0 heterocycles. The summed E-state index contributed by atoms with van der Waals surface area (Å²) in [6.07, 6.45) is 0.469. The van der Waals surface area contributed by atoms with Crippen LogP contribution in [0, 0.1) is 5.92 Å². The third-order valence-corrected chi connectivity index (χ3v) is 2.56. The molecule has 6 heteroatoms.